The van der Waals surface area contributed by atoms with Crippen molar-refractivity contribution in [1.29, 1.82) is 0 Å². The highest BCUT2D eigenvalue weighted by Crippen LogP contribution is 2.36. The fourth-order valence-corrected chi connectivity index (χ4v) is 3.25. The van der Waals surface area contributed by atoms with Crippen LogP contribution in [0, 0.1) is 11.8 Å². The molecule has 0 saturated heterocycles. The number of likely N-dealkylation sites (N-methyl/N-ethyl adjacent to an activating group) is 1. The molecule has 1 fully saturated rings. The zero-order valence-corrected chi connectivity index (χ0v) is 11.9. The maximum Gasteiger partial charge on any atom is 0.0304 e. The zero-order valence-electron chi connectivity index (χ0n) is 11.9. The summed E-state index contributed by atoms with van der Waals surface area (Å²) in [7, 11) is 4.50. The van der Waals surface area contributed by atoms with Gasteiger partial charge in [0.1, 0.15) is 0 Å². The van der Waals surface area contributed by atoms with Gasteiger partial charge in [-0.15, -0.1) is 0 Å². The van der Waals surface area contributed by atoms with Crippen molar-refractivity contribution in [3.63, 3.8) is 0 Å². The van der Waals surface area contributed by atoms with Crippen molar-refractivity contribution in [2.24, 2.45) is 11.8 Å². The monoisotopic (exact) mass is 235 g/mol. The lowest BCUT2D eigenvalue weighted by Crippen LogP contribution is -2.34. The minimum Gasteiger partial charge on any atom is -0.303 e. The molecule has 0 aromatic heterocycles. The Bertz CT molecular complexity index is 263. The van der Waals surface area contributed by atoms with Crippen LogP contribution in [0.3, 0.4) is 0 Å². The highest BCUT2D eigenvalue weighted by Gasteiger charge is 2.26. The zero-order chi connectivity index (χ0) is 12.3. The van der Waals surface area contributed by atoms with E-state index in [0.717, 1.165) is 17.9 Å². The molecular formula is C16H29N. The van der Waals surface area contributed by atoms with Crippen molar-refractivity contribution in [2.45, 2.75) is 64.3 Å². The molecule has 2 atom stereocenters. The van der Waals surface area contributed by atoms with E-state index in [0.29, 0.717) is 0 Å². The van der Waals surface area contributed by atoms with Crippen LogP contribution in [0.5, 0.6) is 0 Å². The molecule has 0 N–H and O–H groups in total. The number of hydrogen-bond donors (Lipinski definition) is 0. The molecule has 2 aliphatic carbocycles. The Morgan fingerprint density at radius 2 is 2.06 bits per heavy atom. The van der Waals surface area contributed by atoms with E-state index in [-0.39, 0.29) is 0 Å². The van der Waals surface area contributed by atoms with Crippen molar-refractivity contribution in [1.82, 2.24) is 4.90 Å². The fourth-order valence-electron chi connectivity index (χ4n) is 3.25. The second kappa shape index (κ2) is 6.04. The van der Waals surface area contributed by atoms with Gasteiger partial charge in [0.2, 0.25) is 0 Å². The van der Waals surface area contributed by atoms with E-state index >= 15 is 0 Å². The largest absolute Gasteiger partial charge is 0.303 e. The molecular weight excluding hydrogens is 206 g/mol. The van der Waals surface area contributed by atoms with Gasteiger partial charge in [0.05, 0.1) is 0 Å². The summed E-state index contributed by atoms with van der Waals surface area (Å²) in [5.41, 5.74) is 1.71. The molecule has 0 heterocycles. The molecule has 98 valence electrons. The Labute approximate surface area is 107 Å². The van der Waals surface area contributed by atoms with Gasteiger partial charge >= 0.3 is 0 Å². The van der Waals surface area contributed by atoms with Crippen molar-refractivity contribution >= 4 is 0 Å². The predicted molar refractivity (Wildman–Crippen MR) is 75.1 cm³/mol. The summed E-state index contributed by atoms with van der Waals surface area (Å²) in [6.07, 6.45) is 13.9. The van der Waals surface area contributed by atoms with Crippen LogP contribution in [0.2, 0.25) is 0 Å². The van der Waals surface area contributed by atoms with Crippen LogP contribution < -0.4 is 0 Å². The lowest BCUT2D eigenvalue weighted by Gasteiger charge is -2.36. The molecule has 2 rings (SSSR count). The minimum atomic E-state index is 0.730. The fraction of sp³-hybridized carbons (Fsp3) is 0.875. The second-order valence-corrected chi connectivity index (χ2v) is 6.34. The summed E-state index contributed by atoms with van der Waals surface area (Å²) in [5.74, 6) is 2.02. The summed E-state index contributed by atoms with van der Waals surface area (Å²) in [4.78, 5) is 2.44. The summed E-state index contributed by atoms with van der Waals surface area (Å²) < 4.78 is 0. The first-order valence-electron chi connectivity index (χ1n) is 7.56. The molecule has 2 aliphatic rings. The first-order valence-corrected chi connectivity index (χ1v) is 7.56. The van der Waals surface area contributed by atoms with E-state index in [4.69, 9.17) is 0 Å². The van der Waals surface area contributed by atoms with Gasteiger partial charge in [-0.25, -0.2) is 0 Å². The van der Waals surface area contributed by atoms with Crippen LogP contribution in [0.4, 0.5) is 0 Å². The Hall–Kier alpha value is -0.300. The van der Waals surface area contributed by atoms with Crippen LogP contribution in [0.1, 0.15) is 58.3 Å². The van der Waals surface area contributed by atoms with Crippen LogP contribution in [-0.4, -0.2) is 25.0 Å². The van der Waals surface area contributed by atoms with Gasteiger partial charge in [0.15, 0.2) is 0 Å². The lowest BCUT2D eigenvalue weighted by molar-refractivity contribution is 0.202. The maximum absolute atomic E-state index is 2.46. The van der Waals surface area contributed by atoms with Gasteiger partial charge in [0, 0.05) is 6.04 Å². The normalized spacial score (nSPS) is 23.9. The number of allylic oxidation sites excluding steroid dienone is 1. The number of nitrogens with zero attached hydrogens (tertiary/aromatic N) is 1. The Kier molecular flexibility index (Phi) is 4.67. The van der Waals surface area contributed by atoms with E-state index in [1.54, 1.807) is 5.57 Å². The Balaban J connectivity index is 1.85. The SMILES string of the molecule is CCC(CC1CCC1)CC(C1=CCC1)N(C)C. The first-order chi connectivity index (χ1) is 8.20. The minimum absolute atomic E-state index is 0.730. The molecule has 0 spiro atoms. The molecule has 0 bridgehead atoms. The predicted octanol–water partition coefficient (Wildman–Crippen LogP) is 4.24. The lowest BCUT2D eigenvalue weighted by atomic mass is 9.75. The summed E-state index contributed by atoms with van der Waals surface area (Å²) in [5, 5.41) is 0. The topological polar surface area (TPSA) is 3.24 Å². The number of hydrogen-bond acceptors (Lipinski definition) is 1. The molecule has 0 aromatic rings. The van der Waals surface area contributed by atoms with Crippen LogP contribution in [0.15, 0.2) is 11.6 Å². The van der Waals surface area contributed by atoms with Crippen LogP contribution in [-0.2, 0) is 0 Å². The van der Waals surface area contributed by atoms with Crippen molar-refractivity contribution in [3.05, 3.63) is 11.6 Å². The average molecular weight is 235 g/mol. The molecule has 1 nitrogen and oxygen atoms in total. The van der Waals surface area contributed by atoms with Crippen molar-refractivity contribution in [3.8, 4) is 0 Å². The number of rotatable bonds is 7. The Morgan fingerprint density at radius 1 is 1.35 bits per heavy atom. The quantitative estimate of drug-likeness (QED) is 0.596. The van der Waals surface area contributed by atoms with E-state index in [1.807, 2.05) is 0 Å². The van der Waals surface area contributed by atoms with Crippen LogP contribution >= 0.6 is 0 Å². The first kappa shape index (κ1) is 13.1. The molecule has 1 heteroatoms. The van der Waals surface area contributed by atoms with Gasteiger partial charge in [-0.1, -0.05) is 44.3 Å². The molecule has 0 aliphatic heterocycles. The summed E-state index contributed by atoms with van der Waals surface area (Å²) in [6, 6.07) is 0.730. The summed E-state index contributed by atoms with van der Waals surface area (Å²) >= 11 is 0. The van der Waals surface area contributed by atoms with Gasteiger partial charge in [-0.05, 0) is 51.6 Å². The van der Waals surface area contributed by atoms with Gasteiger partial charge in [0.25, 0.3) is 0 Å². The summed E-state index contributed by atoms with van der Waals surface area (Å²) in [6.45, 7) is 2.38. The van der Waals surface area contributed by atoms with Gasteiger partial charge < -0.3 is 4.90 Å². The molecule has 0 amide bonds. The highest BCUT2D eigenvalue weighted by atomic mass is 15.1. The van der Waals surface area contributed by atoms with E-state index in [9.17, 15) is 0 Å². The van der Waals surface area contributed by atoms with Crippen LogP contribution in [0.25, 0.3) is 0 Å². The van der Waals surface area contributed by atoms with Crippen molar-refractivity contribution in [2.75, 3.05) is 14.1 Å². The molecule has 0 aromatic carbocycles. The molecule has 1 saturated carbocycles. The molecule has 2 unspecified atom stereocenters. The molecule has 17 heavy (non-hydrogen) atoms. The standard InChI is InChI=1S/C16H29N/c1-4-13(11-14-7-5-8-14)12-16(17(2)3)15-9-6-10-15/h9,13-14,16H,4-8,10-12H2,1-3H3. The third-order valence-electron chi connectivity index (χ3n) is 4.92. The smallest absolute Gasteiger partial charge is 0.0304 e. The van der Waals surface area contributed by atoms with Gasteiger partial charge in [-0.3, -0.25) is 0 Å². The van der Waals surface area contributed by atoms with E-state index in [1.165, 1.54) is 51.4 Å². The average Bonchev–Trinajstić information content (AvgIpc) is 2.16. The van der Waals surface area contributed by atoms with Gasteiger partial charge in [-0.2, -0.15) is 0 Å². The Morgan fingerprint density at radius 3 is 2.41 bits per heavy atom. The third kappa shape index (κ3) is 3.34. The second-order valence-electron chi connectivity index (χ2n) is 6.34. The van der Waals surface area contributed by atoms with E-state index < -0.39 is 0 Å². The van der Waals surface area contributed by atoms with Crippen molar-refractivity contribution < 1.29 is 0 Å². The third-order valence-corrected chi connectivity index (χ3v) is 4.92. The molecule has 0 radical (unpaired) electrons. The maximum atomic E-state index is 2.46. The van der Waals surface area contributed by atoms with E-state index in [2.05, 4.69) is 32.0 Å². The highest BCUT2D eigenvalue weighted by molar-refractivity contribution is 5.19.